The lowest BCUT2D eigenvalue weighted by Gasteiger charge is -2.24. The van der Waals surface area contributed by atoms with Crippen LogP contribution in [0.3, 0.4) is 0 Å². The molecule has 0 fully saturated rings. The van der Waals surface area contributed by atoms with Gasteiger partial charge in [0.1, 0.15) is 5.00 Å². The Labute approximate surface area is 175 Å². The quantitative estimate of drug-likeness (QED) is 0.632. The van der Waals surface area contributed by atoms with Crippen molar-refractivity contribution in [3.63, 3.8) is 0 Å². The molecular weight excluding hydrogens is 401 g/mol. The van der Waals surface area contributed by atoms with Crippen molar-refractivity contribution in [3.05, 3.63) is 50.9 Å². The molecule has 4 rings (SSSR count). The first-order valence-electron chi connectivity index (χ1n) is 9.01. The van der Waals surface area contributed by atoms with Gasteiger partial charge in [-0.25, -0.2) is 4.79 Å². The van der Waals surface area contributed by atoms with E-state index in [1.165, 1.54) is 23.3 Å². The van der Waals surface area contributed by atoms with Crippen molar-refractivity contribution in [1.29, 1.82) is 0 Å². The number of fused-ring (bicyclic) bond motifs is 3. The Morgan fingerprint density at radius 3 is 2.70 bits per heavy atom. The summed E-state index contributed by atoms with van der Waals surface area (Å²) in [5.41, 5.74) is 4.40. The smallest absolute Gasteiger partial charge is 0.324 e. The van der Waals surface area contributed by atoms with Gasteiger partial charge in [-0.2, -0.15) is 0 Å². The van der Waals surface area contributed by atoms with Crippen LogP contribution in [0.15, 0.2) is 29.3 Å². The van der Waals surface area contributed by atoms with E-state index in [2.05, 4.69) is 0 Å². The summed E-state index contributed by atoms with van der Waals surface area (Å²) >= 11 is 8.27. The van der Waals surface area contributed by atoms with Crippen LogP contribution in [0.5, 0.6) is 0 Å². The Morgan fingerprint density at radius 1 is 1.22 bits per heavy atom. The minimum atomic E-state index is 0. The first-order chi connectivity index (χ1) is 12.6. The van der Waals surface area contributed by atoms with Crippen LogP contribution in [0.4, 0.5) is 9.80 Å². The molecule has 2 aliphatic rings. The van der Waals surface area contributed by atoms with Crippen LogP contribution in [-0.4, -0.2) is 43.8 Å². The molecule has 0 atom stereocenters. The normalized spacial score (nSPS) is 15.8. The molecule has 1 aliphatic carbocycles. The molecule has 1 aromatic heterocycles. The van der Waals surface area contributed by atoms with Gasteiger partial charge in [-0.05, 0) is 37.3 Å². The van der Waals surface area contributed by atoms with E-state index in [-0.39, 0.29) is 18.4 Å². The lowest BCUT2D eigenvalue weighted by Crippen LogP contribution is -2.40. The zero-order valence-electron chi connectivity index (χ0n) is 15.5. The monoisotopic (exact) mass is 423 g/mol. The van der Waals surface area contributed by atoms with Gasteiger partial charge in [0.25, 0.3) is 0 Å². The molecule has 2 aromatic rings. The number of hydrogen-bond donors (Lipinski definition) is 0. The minimum Gasteiger partial charge on any atom is -0.330 e. The Kier molecular flexibility index (Phi) is 6.14. The van der Waals surface area contributed by atoms with E-state index < -0.39 is 0 Å². The summed E-state index contributed by atoms with van der Waals surface area (Å²) in [7, 11) is 3.60. The largest absolute Gasteiger partial charge is 0.330 e. The summed E-state index contributed by atoms with van der Waals surface area (Å²) in [6.45, 7) is 1.17. The highest BCUT2D eigenvalue weighted by molar-refractivity contribution is 7.17. The Morgan fingerprint density at radius 2 is 1.96 bits per heavy atom. The van der Waals surface area contributed by atoms with Crippen molar-refractivity contribution in [2.75, 3.05) is 32.1 Å². The van der Waals surface area contributed by atoms with Gasteiger partial charge in [0.15, 0.2) is 0 Å². The van der Waals surface area contributed by atoms with E-state index in [0.29, 0.717) is 18.1 Å². The number of anilines is 1. The third kappa shape index (κ3) is 3.60. The van der Waals surface area contributed by atoms with Crippen LogP contribution < -0.4 is 4.90 Å². The van der Waals surface area contributed by atoms with E-state index in [1.807, 2.05) is 29.2 Å². The number of rotatable bonds is 1. The van der Waals surface area contributed by atoms with Crippen molar-refractivity contribution >= 4 is 52.1 Å². The molecule has 0 spiro atoms. The fourth-order valence-electron chi connectivity index (χ4n) is 3.73. The van der Waals surface area contributed by atoms with Crippen LogP contribution in [-0.2, 0) is 12.8 Å². The van der Waals surface area contributed by atoms with Crippen molar-refractivity contribution < 1.29 is 4.79 Å². The molecule has 0 saturated heterocycles. The van der Waals surface area contributed by atoms with Gasteiger partial charge in [-0.3, -0.25) is 9.89 Å². The standard InChI is InChI=1S/C20H22ClN3OS.ClH/c1-23(2)20(25)24-12-11-22-18(13-7-3-5-9-15(13)21)17-14-8-4-6-10-16(14)26-19(17)24;/h3,5,7,9H,4,6,8,10-12H2,1-2H3;1H. The number of urea groups is 1. The molecule has 144 valence electrons. The van der Waals surface area contributed by atoms with Gasteiger partial charge >= 0.3 is 6.03 Å². The topological polar surface area (TPSA) is 35.9 Å². The van der Waals surface area contributed by atoms with Crippen molar-refractivity contribution in [1.82, 2.24) is 4.90 Å². The Bertz CT molecular complexity index is 891. The van der Waals surface area contributed by atoms with E-state index in [1.54, 1.807) is 30.3 Å². The summed E-state index contributed by atoms with van der Waals surface area (Å²) in [4.78, 5) is 22.7. The summed E-state index contributed by atoms with van der Waals surface area (Å²) < 4.78 is 0. The fraction of sp³-hybridized carbons (Fsp3) is 0.400. The first-order valence-corrected chi connectivity index (χ1v) is 10.2. The maximum absolute atomic E-state index is 12.8. The minimum absolute atomic E-state index is 0. The second-order valence-electron chi connectivity index (χ2n) is 6.93. The first kappa shape index (κ1) is 20.2. The number of halogens is 2. The number of amides is 2. The summed E-state index contributed by atoms with van der Waals surface area (Å²) in [5, 5.41) is 1.74. The molecule has 1 aromatic carbocycles. The Balaban J connectivity index is 0.00000210. The molecule has 2 amide bonds. The van der Waals surface area contributed by atoms with Gasteiger partial charge in [0.2, 0.25) is 0 Å². The number of nitrogens with zero attached hydrogens (tertiary/aromatic N) is 3. The summed E-state index contributed by atoms with van der Waals surface area (Å²) in [5.74, 6) is 0. The molecule has 4 nitrogen and oxygen atoms in total. The summed E-state index contributed by atoms with van der Waals surface area (Å²) in [6, 6.07) is 7.89. The number of thiophene rings is 1. The third-order valence-corrected chi connectivity index (χ3v) is 6.62. The number of hydrogen-bond acceptors (Lipinski definition) is 3. The van der Waals surface area contributed by atoms with Gasteiger partial charge in [-0.1, -0.05) is 29.8 Å². The van der Waals surface area contributed by atoms with E-state index in [9.17, 15) is 4.79 Å². The zero-order chi connectivity index (χ0) is 18.3. The number of carbonyl (C=O) groups is 1. The lowest BCUT2D eigenvalue weighted by molar-refractivity contribution is 0.224. The predicted octanol–water partition coefficient (Wildman–Crippen LogP) is 5.04. The number of benzene rings is 1. The Hall–Kier alpha value is -1.56. The van der Waals surface area contributed by atoms with Gasteiger partial charge in [0, 0.05) is 41.7 Å². The van der Waals surface area contributed by atoms with Crippen LogP contribution in [0, 0.1) is 0 Å². The zero-order valence-corrected chi connectivity index (χ0v) is 17.9. The molecule has 0 unspecified atom stereocenters. The SMILES string of the molecule is CN(C)C(=O)N1CCN=C(c2ccccc2Cl)c2c1sc1c2CCCC1.Cl. The number of carbonyl (C=O) groups excluding carboxylic acids is 1. The number of aliphatic imine (C=N–C) groups is 1. The second kappa shape index (κ2) is 8.21. The van der Waals surface area contributed by atoms with E-state index in [0.717, 1.165) is 34.7 Å². The fourth-order valence-corrected chi connectivity index (χ4v) is 5.36. The molecule has 1 aliphatic heterocycles. The number of aryl methyl sites for hydroxylation is 1. The highest BCUT2D eigenvalue weighted by Crippen LogP contribution is 2.43. The maximum atomic E-state index is 12.8. The highest BCUT2D eigenvalue weighted by atomic mass is 35.5. The van der Waals surface area contributed by atoms with Gasteiger partial charge in [0.05, 0.1) is 12.3 Å². The van der Waals surface area contributed by atoms with Crippen LogP contribution in [0.2, 0.25) is 5.02 Å². The van der Waals surface area contributed by atoms with Crippen LogP contribution >= 0.6 is 35.3 Å². The molecule has 7 heteroatoms. The summed E-state index contributed by atoms with van der Waals surface area (Å²) in [6.07, 6.45) is 4.54. The molecular formula is C20H23Cl2N3OS. The second-order valence-corrected chi connectivity index (χ2v) is 8.42. The molecule has 0 saturated carbocycles. The van der Waals surface area contributed by atoms with E-state index >= 15 is 0 Å². The van der Waals surface area contributed by atoms with Gasteiger partial charge < -0.3 is 4.90 Å². The van der Waals surface area contributed by atoms with Crippen molar-refractivity contribution in [2.24, 2.45) is 4.99 Å². The van der Waals surface area contributed by atoms with Crippen molar-refractivity contribution in [3.8, 4) is 0 Å². The highest BCUT2D eigenvalue weighted by Gasteiger charge is 2.32. The molecule has 0 bridgehead atoms. The molecule has 0 radical (unpaired) electrons. The average Bonchev–Trinajstić information content (AvgIpc) is 2.91. The maximum Gasteiger partial charge on any atom is 0.324 e. The van der Waals surface area contributed by atoms with Crippen LogP contribution in [0.1, 0.15) is 34.4 Å². The van der Waals surface area contributed by atoms with E-state index in [4.69, 9.17) is 16.6 Å². The molecule has 27 heavy (non-hydrogen) atoms. The lowest BCUT2D eigenvalue weighted by atomic mass is 9.91. The van der Waals surface area contributed by atoms with Crippen LogP contribution in [0.25, 0.3) is 0 Å². The molecule has 0 N–H and O–H groups in total. The average molecular weight is 424 g/mol. The van der Waals surface area contributed by atoms with Gasteiger partial charge in [-0.15, -0.1) is 23.7 Å². The molecule has 2 heterocycles. The third-order valence-electron chi connectivity index (χ3n) is 4.97. The predicted molar refractivity (Wildman–Crippen MR) is 117 cm³/mol. The van der Waals surface area contributed by atoms with Crippen molar-refractivity contribution in [2.45, 2.75) is 25.7 Å².